The van der Waals surface area contributed by atoms with E-state index in [-0.39, 0.29) is 0 Å². The van der Waals surface area contributed by atoms with Gasteiger partial charge in [0.2, 0.25) is 0 Å². The number of H-pyrrole nitrogens is 1. The first-order valence-corrected chi connectivity index (χ1v) is 6.28. The molecule has 0 radical (unpaired) electrons. The van der Waals surface area contributed by atoms with Crippen LogP contribution in [-0.2, 0) is 6.54 Å². The lowest BCUT2D eigenvalue weighted by Crippen LogP contribution is -2.33. The van der Waals surface area contributed by atoms with E-state index in [1.54, 1.807) is 6.20 Å². The van der Waals surface area contributed by atoms with Crippen molar-refractivity contribution in [2.24, 2.45) is 5.92 Å². The fourth-order valence-electron chi connectivity index (χ4n) is 2.41. The van der Waals surface area contributed by atoms with Crippen LogP contribution in [0.5, 0.6) is 5.75 Å². The SMILES string of the molecule is CC1COc2ccccc2C1NCc1ccn[nH]1. The number of aromatic nitrogens is 2. The third-order valence-electron chi connectivity index (χ3n) is 3.40. The standard InChI is InChI=1S/C14H17N3O/c1-10-9-18-13-5-3-2-4-12(13)14(10)15-8-11-6-7-16-17-11/h2-7,10,14-15H,8-9H2,1H3,(H,16,17). The maximum Gasteiger partial charge on any atom is 0.124 e. The van der Waals surface area contributed by atoms with Crippen LogP contribution >= 0.6 is 0 Å². The van der Waals surface area contributed by atoms with Crippen LogP contribution in [-0.4, -0.2) is 16.8 Å². The lowest BCUT2D eigenvalue weighted by Gasteiger charge is -2.32. The van der Waals surface area contributed by atoms with Crippen molar-refractivity contribution in [2.75, 3.05) is 6.61 Å². The normalized spacial score (nSPS) is 22.3. The molecule has 2 atom stereocenters. The molecule has 94 valence electrons. The third-order valence-corrected chi connectivity index (χ3v) is 3.40. The van der Waals surface area contributed by atoms with Crippen LogP contribution in [0.1, 0.15) is 24.2 Å². The molecule has 0 bridgehead atoms. The first-order valence-electron chi connectivity index (χ1n) is 6.28. The van der Waals surface area contributed by atoms with Gasteiger partial charge >= 0.3 is 0 Å². The highest BCUT2D eigenvalue weighted by Crippen LogP contribution is 2.34. The zero-order chi connectivity index (χ0) is 12.4. The van der Waals surface area contributed by atoms with Gasteiger partial charge in [-0.1, -0.05) is 25.1 Å². The molecule has 1 aromatic heterocycles. The molecule has 0 spiro atoms. The van der Waals surface area contributed by atoms with Crippen molar-refractivity contribution in [3.05, 3.63) is 47.8 Å². The number of ether oxygens (including phenoxy) is 1. The molecule has 0 aliphatic carbocycles. The van der Waals surface area contributed by atoms with Crippen LogP contribution in [0.15, 0.2) is 36.5 Å². The van der Waals surface area contributed by atoms with Gasteiger partial charge in [0, 0.05) is 36.0 Å². The minimum atomic E-state index is 0.332. The van der Waals surface area contributed by atoms with Crippen molar-refractivity contribution in [1.29, 1.82) is 0 Å². The Morgan fingerprint density at radius 3 is 3.11 bits per heavy atom. The number of nitrogens with one attached hydrogen (secondary N) is 2. The number of benzene rings is 1. The van der Waals surface area contributed by atoms with Crippen molar-refractivity contribution < 1.29 is 4.74 Å². The first kappa shape index (κ1) is 11.3. The van der Waals surface area contributed by atoms with E-state index in [1.807, 2.05) is 18.2 Å². The lowest BCUT2D eigenvalue weighted by atomic mass is 9.92. The van der Waals surface area contributed by atoms with Gasteiger partial charge in [-0.3, -0.25) is 5.10 Å². The summed E-state index contributed by atoms with van der Waals surface area (Å²) >= 11 is 0. The number of hydrogen-bond acceptors (Lipinski definition) is 3. The maximum absolute atomic E-state index is 5.74. The van der Waals surface area contributed by atoms with Gasteiger partial charge in [0.1, 0.15) is 5.75 Å². The highest BCUT2D eigenvalue weighted by atomic mass is 16.5. The van der Waals surface area contributed by atoms with E-state index in [0.29, 0.717) is 12.0 Å². The van der Waals surface area contributed by atoms with E-state index in [9.17, 15) is 0 Å². The summed E-state index contributed by atoms with van der Waals surface area (Å²) in [6, 6.07) is 10.6. The van der Waals surface area contributed by atoms with Crippen molar-refractivity contribution in [2.45, 2.75) is 19.5 Å². The molecule has 4 nitrogen and oxygen atoms in total. The third kappa shape index (κ3) is 2.11. The van der Waals surface area contributed by atoms with Gasteiger partial charge in [0.05, 0.1) is 6.61 Å². The van der Waals surface area contributed by atoms with E-state index in [4.69, 9.17) is 4.74 Å². The number of rotatable bonds is 3. The van der Waals surface area contributed by atoms with E-state index in [2.05, 4.69) is 34.6 Å². The summed E-state index contributed by atoms with van der Waals surface area (Å²) in [4.78, 5) is 0. The van der Waals surface area contributed by atoms with Gasteiger partial charge in [-0.15, -0.1) is 0 Å². The smallest absolute Gasteiger partial charge is 0.124 e. The summed E-state index contributed by atoms with van der Waals surface area (Å²) < 4.78 is 5.74. The Morgan fingerprint density at radius 2 is 2.28 bits per heavy atom. The Bertz CT molecular complexity index is 510. The van der Waals surface area contributed by atoms with Gasteiger partial charge in [-0.05, 0) is 12.1 Å². The molecule has 2 aromatic rings. The summed E-state index contributed by atoms with van der Waals surface area (Å²) in [6.45, 7) is 3.77. The van der Waals surface area contributed by atoms with Crippen molar-refractivity contribution in [1.82, 2.24) is 15.5 Å². The molecular weight excluding hydrogens is 226 g/mol. The quantitative estimate of drug-likeness (QED) is 0.869. The van der Waals surface area contributed by atoms with E-state index in [1.165, 1.54) is 5.56 Å². The molecule has 2 unspecified atom stereocenters. The minimum Gasteiger partial charge on any atom is -0.493 e. The lowest BCUT2D eigenvalue weighted by molar-refractivity contribution is 0.187. The summed E-state index contributed by atoms with van der Waals surface area (Å²) in [5.41, 5.74) is 2.35. The van der Waals surface area contributed by atoms with E-state index < -0.39 is 0 Å². The molecule has 2 N–H and O–H groups in total. The van der Waals surface area contributed by atoms with Crippen molar-refractivity contribution >= 4 is 0 Å². The zero-order valence-corrected chi connectivity index (χ0v) is 10.4. The molecular formula is C14H17N3O. The molecule has 3 rings (SSSR count). The van der Waals surface area contributed by atoms with Crippen LogP contribution in [0.25, 0.3) is 0 Å². The van der Waals surface area contributed by atoms with Gasteiger partial charge < -0.3 is 10.1 Å². The second-order valence-corrected chi connectivity index (χ2v) is 4.77. The Hall–Kier alpha value is -1.81. The highest BCUT2D eigenvalue weighted by molar-refractivity contribution is 5.37. The predicted octanol–water partition coefficient (Wildman–Crippen LogP) is 2.27. The van der Waals surface area contributed by atoms with Crippen LogP contribution < -0.4 is 10.1 Å². The first-order chi connectivity index (χ1) is 8.84. The van der Waals surface area contributed by atoms with Crippen LogP contribution in [0.4, 0.5) is 0 Å². The molecule has 0 fully saturated rings. The van der Waals surface area contributed by atoms with Gasteiger partial charge in [0.15, 0.2) is 0 Å². The Labute approximate surface area is 106 Å². The Morgan fingerprint density at radius 1 is 1.39 bits per heavy atom. The van der Waals surface area contributed by atoms with Crippen LogP contribution in [0, 0.1) is 5.92 Å². The van der Waals surface area contributed by atoms with E-state index >= 15 is 0 Å². The maximum atomic E-state index is 5.74. The molecule has 0 amide bonds. The molecule has 0 saturated heterocycles. The second kappa shape index (κ2) is 4.82. The van der Waals surface area contributed by atoms with Crippen LogP contribution in [0.3, 0.4) is 0 Å². The Kier molecular flexibility index (Phi) is 3.02. The minimum absolute atomic E-state index is 0.332. The summed E-state index contributed by atoms with van der Waals surface area (Å²) in [5.74, 6) is 1.46. The fraction of sp³-hybridized carbons (Fsp3) is 0.357. The largest absolute Gasteiger partial charge is 0.493 e. The van der Waals surface area contributed by atoms with Crippen molar-refractivity contribution in [3.63, 3.8) is 0 Å². The number of nitrogens with zero attached hydrogens (tertiary/aromatic N) is 1. The number of aromatic amines is 1. The van der Waals surface area contributed by atoms with Gasteiger partial charge in [-0.2, -0.15) is 5.10 Å². The number of hydrogen-bond donors (Lipinski definition) is 2. The topological polar surface area (TPSA) is 49.9 Å². The monoisotopic (exact) mass is 243 g/mol. The second-order valence-electron chi connectivity index (χ2n) is 4.77. The molecule has 0 saturated carbocycles. The van der Waals surface area contributed by atoms with Crippen molar-refractivity contribution in [3.8, 4) is 5.75 Å². The highest BCUT2D eigenvalue weighted by Gasteiger charge is 2.27. The predicted molar refractivity (Wildman–Crippen MR) is 69.3 cm³/mol. The summed E-state index contributed by atoms with van der Waals surface area (Å²) in [7, 11) is 0. The molecule has 1 aliphatic rings. The number of fused-ring (bicyclic) bond motifs is 1. The molecule has 1 aromatic carbocycles. The summed E-state index contributed by atoms with van der Waals surface area (Å²) in [5, 5.41) is 10.5. The van der Waals surface area contributed by atoms with Gasteiger partial charge in [-0.25, -0.2) is 0 Å². The average molecular weight is 243 g/mol. The molecule has 2 heterocycles. The van der Waals surface area contributed by atoms with Crippen LogP contribution in [0.2, 0.25) is 0 Å². The zero-order valence-electron chi connectivity index (χ0n) is 10.4. The average Bonchev–Trinajstić information content (AvgIpc) is 2.91. The Balaban J connectivity index is 1.78. The molecule has 18 heavy (non-hydrogen) atoms. The number of para-hydroxylation sites is 1. The molecule has 4 heteroatoms. The van der Waals surface area contributed by atoms with Gasteiger partial charge in [0.25, 0.3) is 0 Å². The van der Waals surface area contributed by atoms with E-state index in [0.717, 1.165) is 24.6 Å². The summed E-state index contributed by atoms with van der Waals surface area (Å²) in [6.07, 6.45) is 1.78. The fourth-order valence-corrected chi connectivity index (χ4v) is 2.41. The molecule has 1 aliphatic heterocycles.